The Morgan fingerprint density at radius 2 is 2.21 bits per heavy atom. The molecule has 0 unspecified atom stereocenters. The molecule has 0 radical (unpaired) electrons. The lowest BCUT2D eigenvalue weighted by Gasteiger charge is -2.43. The van der Waals surface area contributed by atoms with Crippen molar-refractivity contribution < 1.29 is 4.79 Å². The number of thiocarbonyl (C=S) groups is 1. The summed E-state index contributed by atoms with van der Waals surface area (Å²) >= 11 is 9.97. The highest BCUT2D eigenvalue weighted by Gasteiger charge is 2.35. The second-order valence-electron chi connectivity index (χ2n) is 7.01. The summed E-state index contributed by atoms with van der Waals surface area (Å²) in [6.45, 7) is 4.42. The van der Waals surface area contributed by atoms with Crippen molar-refractivity contribution >= 4 is 62.4 Å². The Morgan fingerprint density at radius 1 is 1.34 bits per heavy atom. The maximum absolute atomic E-state index is 12.2. The second-order valence-corrected chi connectivity index (χ2v) is 11.1. The van der Waals surface area contributed by atoms with Gasteiger partial charge in [-0.1, -0.05) is 60.1 Å². The Balaban J connectivity index is 1.31. The molecule has 11 heteroatoms. The molecular weight excluding hydrogens is 446 g/mol. The van der Waals surface area contributed by atoms with Crippen molar-refractivity contribution in [3.05, 3.63) is 34.2 Å². The van der Waals surface area contributed by atoms with Crippen LogP contribution in [0.3, 0.4) is 0 Å². The van der Waals surface area contributed by atoms with Gasteiger partial charge < -0.3 is 9.47 Å². The molecule has 7 nitrogen and oxygen atoms in total. The highest BCUT2D eigenvalue weighted by molar-refractivity contribution is 8.23. The second kappa shape index (κ2) is 9.15. The molecule has 0 aliphatic carbocycles. The number of rotatable bonds is 5. The Bertz CT molecular complexity index is 975. The molecule has 2 aromatic rings. The van der Waals surface area contributed by atoms with Crippen LogP contribution in [0.4, 0.5) is 5.13 Å². The number of nitrogens with one attached hydrogen (secondary N) is 1. The molecule has 0 aromatic carbocycles. The summed E-state index contributed by atoms with van der Waals surface area (Å²) < 4.78 is 3.50. The molecule has 1 saturated heterocycles. The quantitative estimate of drug-likeness (QED) is 0.409. The molecule has 154 valence electrons. The van der Waals surface area contributed by atoms with E-state index in [1.807, 2.05) is 23.6 Å². The number of piperidine rings is 1. The molecular formula is C18H21N5O2S4. The minimum absolute atomic E-state index is 0.0800. The monoisotopic (exact) mass is 467 g/mol. The normalized spacial score (nSPS) is 20.2. The van der Waals surface area contributed by atoms with Crippen LogP contribution in [0.1, 0.15) is 25.0 Å². The van der Waals surface area contributed by atoms with E-state index in [1.54, 1.807) is 17.8 Å². The fourth-order valence-corrected chi connectivity index (χ4v) is 6.51. The molecule has 0 saturated carbocycles. The molecule has 1 fully saturated rings. The van der Waals surface area contributed by atoms with Crippen LogP contribution in [0.15, 0.2) is 27.3 Å². The molecule has 1 amide bonds. The molecule has 2 aromatic heterocycles. The summed E-state index contributed by atoms with van der Waals surface area (Å²) in [7, 11) is 0. The van der Waals surface area contributed by atoms with Crippen molar-refractivity contribution in [1.29, 1.82) is 0 Å². The van der Waals surface area contributed by atoms with Gasteiger partial charge in [-0.15, -0.1) is 10.2 Å². The Morgan fingerprint density at radius 3 is 3.03 bits per heavy atom. The summed E-state index contributed by atoms with van der Waals surface area (Å²) in [6.07, 6.45) is 1.09. The molecule has 1 N–H and O–H groups in total. The largest absolute Gasteiger partial charge is 0.356 e. The van der Waals surface area contributed by atoms with Gasteiger partial charge in [0.15, 0.2) is 4.34 Å². The van der Waals surface area contributed by atoms with Gasteiger partial charge in [-0.25, -0.2) is 0 Å². The molecule has 2 bridgehead atoms. The van der Waals surface area contributed by atoms with E-state index in [4.69, 9.17) is 12.2 Å². The topological polar surface area (TPSA) is 80.1 Å². The van der Waals surface area contributed by atoms with E-state index in [-0.39, 0.29) is 17.2 Å². The number of likely N-dealkylation sites (tertiary alicyclic amines) is 1. The SMILES string of the molecule is CCSc1nnc(NC(=O)CSC(=S)N2C[C@@H]3C[C@H](C2)c2cccc(=O)n2C3)s1. The third-order valence-corrected chi connectivity index (χ3v) is 8.36. The summed E-state index contributed by atoms with van der Waals surface area (Å²) in [4.78, 5) is 26.6. The van der Waals surface area contributed by atoms with E-state index in [9.17, 15) is 9.59 Å². The Labute approximate surface area is 186 Å². The lowest BCUT2D eigenvalue weighted by atomic mass is 9.83. The molecule has 2 aliphatic heterocycles. The molecule has 29 heavy (non-hydrogen) atoms. The number of anilines is 1. The van der Waals surface area contributed by atoms with Crippen LogP contribution in [0.5, 0.6) is 0 Å². The van der Waals surface area contributed by atoms with Crippen molar-refractivity contribution in [2.75, 3.05) is 29.9 Å². The van der Waals surface area contributed by atoms with Gasteiger partial charge in [0.25, 0.3) is 5.56 Å². The van der Waals surface area contributed by atoms with Gasteiger partial charge in [-0.05, 0) is 24.2 Å². The number of hydrogen-bond acceptors (Lipinski definition) is 8. The van der Waals surface area contributed by atoms with Gasteiger partial charge >= 0.3 is 0 Å². The first kappa shape index (κ1) is 20.8. The lowest BCUT2D eigenvalue weighted by molar-refractivity contribution is -0.113. The van der Waals surface area contributed by atoms with Crippen LogP contribution in [-0.2, 0) is 11.3 Å². The standard InChI is InChI=1S/C18H21N5O2S4/c1-2-27-17-21-20-16(29-17)19-14(24)10-28-18(26)22-7-11-6-12(9-22)13-4-3-5-15(25)23(13)8-11/h3-5,11-12H,2,6-10H2,1H3,(H,19,20,24)/t11-,12+/m0/s1. The average Bonchev–Trinajstić information content (AvgIpc) is 3.14. The number of carbonyl (C=O) groups excluding carboxylic acids is 1. The third-order valence-electron chi connectivity index (χ3n) is 4.99. The van der Waals surface area contributed by atoms with Crippen molar-refractivity contribution in [3.8, 4) is 0 Å². The van der Waals surface area contributed by atoms with Gasteiger partial charge in [0.1, 0.15) is 4.32 Å². The van der Waals surface area contributed by atoms with Gasteiger partial charge in [0, 0.05) is 37.3 Å². The Kier molecular flexibility index (Phi) is 6.57. The zero-order valence-corrected chi connectivity index (χ0v) is 19.1. The van der Waals surface area contributed by atoms with Crippen LogP contribution in [0.2, 0.25) is 0 Å². The van der Waals surface area contributed by atoms with E-state index >= 15 is 0 Å². The number of amides is 1. The van der Waals surface area contributed by atoms with Gasteiger partial charge in [0.05, 0.1) is 5.75 Å². The van der Waals surface area contributed by atoms with Crippen molar-refractivity contribution in [1.82, 2.24) is 19.7 Å². The number of nitrogens with zero attached hydrogens (tertiary/aromatic N) is 4. The summed E-state index contributed by atoms with van der Waals surface area (Å²) in [5.74, 6) is 1.75. The van der Waals surface area contributed by atoms with Crippen LogP contribution in [0, 0.1) is 5.92 Å². The van der Waals surface area contributed by atoms with E-state index in [0.717, 1.165) is 46.2 Å². The maximum Gasteiger partial charge on any atom is 0.250 e. The van der Waals surface area contributed by atoms with E-state index in [2.05, 4.69) is 20.4 Å². The highest BCUT2D eigenvalue weighted by atomic mass is 32.2. The Hall–Kier alpha value is -1.43. The van der Waals surface area contributed by atoms with E-state index < -0.39 is 0 Å². The molecule has 2 aliphatic rings. The first-order chi connectivity index (χ1) is 14.0. The lowest BCUT2D eigenvalue weighted by Crippen LogP contribution is -2.48. The maximum atomic E-state index is 12.2. The number of aromatic nitrogens is 3. The van der Waals surface area contributed by atoms with Gasteiger partial charge in [-0.3, -0.25) is 14.9 Å². The minimum Gasteiger partial charge on any atom is -0.356 e. The number of fused-ring (bicyclic) bond motifs is 4. The van der Waals surface area contributed by atoms with E-state index in [1.165, 1.54) is 23.1 Å². The van der Waals surface area contributed by atoms with Crippen LogP contribution < -0.4 is 10.9 Å². The first-order valence-corrected chi connectivity index (χ1v) is 12.6. The number of pyridine rings is 1. The summed E-state index contributed by atoms with van der Waals surface area (Å²) in [5, 5.41) is 11.3. The number of carbonyl (C=O) groups is 1. The zero-order chi connectivity index (χ0) is 20.4. The van der Waals surface area contributed by atoms with E-state index in [0.29, 0.717) is 17.0 Å². The number of hydrogen-bond donors (Lipinski definition) is 1. The summed E-state index contributed by atoms with van der Waals surface area (Å²) in [5.41, 5.74) is 1.18. The fourth-order valence-electron chi connectivity index (χ4n) is 3.86. The molecule has 0 spiro atoms. The van der Waals surface area contributed by atoms with Crippen LogP contribution in [-0.4, -0.2) is 54.5 Å². The first-order valence-electron chi connectivity index (χ1n) is 9.41. The fraction of sp³-hybridized carbons (Fsp3) is 0.500. The van der Waals surface area contributed by atoms with Crippen molar-refractivity contribution in [2.24, 2.45) is 5.92 Å². The average molecular weight is 468 g/mol. The molecule has 4 heterocycles. The van der Waals surface area contributed by atoms with Gasteiger partial charge in [-0.2, -0.15) is 0 Å². The smallest absolute Gasteiger partial charge is 0.250 e. The van der Waals surface area contributed by atoms with Crippen molar-refractivity contribution in [2.45, 2.75) is 30.1 Å². The van der Waals surface area contributed by atoms with Crippen LogP contribution in [0.25, 0.3) is 0 Å². The van der Waals surface area contributed by atoms with Crippen LogP contribution >= 0.6 is 47.1 Å². The minimum atomic E-state index is -0.129. The van der Waals surface area contributed by atoms with Gasteiger partial charge in [0.2, 0.25) is 11.0 Å². The predicted molar refractivity (Wildman–Crippen MR) is 123 cm³/mol. The highest BCUT2D eigenvalue weighted by Crippen LogP contribution is 2.36. The van der Waals surface area contributed by atoms with Crippen molar-refractivity contribution in [3.63, 3.8) is 0 Å². The summed E-state index contributed by atoms with van der Waals surface area (Å²) in [6, 6.07) is 5.51. The third kappa shape index (κ3) is 4.84. The zero-order valence-electron chi connectivity index (χ0n) is 15.9. The molecule has 4 rings (SSSR count). The predicted octanol–water partition coefficient (Wildman–Crippen LogP) is 2.89. The molecule has 2 atom stereocenters. The number of thioether (sulfide) groups is 2.